The minimum Gasteiger partial charge on any atom is -0.465 e. The van der Waals surface area contributed by atoms with E-state index in [1.54, 1.807) is 29.8 Å². The van der Waals surface area contributed by atoms with Crippen molar-refractivity contribution in [2.24, 2.45) is 0 Å². The van der Waals surface area contributed by atoms with Crippen molar-refractivity contribution in [3.63, 3.8) is 0 Å². The van der Waals surface area contributed by atoms with E-state index in [4.69, 9.17) is 4.74 Å². The number of fused-ring (bicyclic) bond motifs is 1. The average molecular weight is 336 g/mol. The molecule has 5 nitrogen and oxygen atoms in total. The summed E-state index contributed by atoms with van der Waals surface area (Å²) < 4.78 is 6.33. The molecule has 0 aliphatic heterocycles. The molecule has 0 saturated carbocycles. The van der Waals surface area contributed by atoms with Gasteiger partial charge in [0.05, 0.1) is 29.3 Å². The van der Waals surface area contributed by atoms with Gasteiger partial charge in [-0.25, -0.2) is 4.79 Å². The number of benzene rings is 1. The van der Waals surface area contributed by atoms with E-state index < -0.39 is 5.97 Å². The minimum atomic E-state index is -0.497. The second-order valence-electron chi connectivity index (χ2n) is 6.28. The molecule has 5 heteroatoms. The van der Waals surface area contributed by atoms with Crippen LogP contribution in [-0.4, -0.2) is 22.6 Å². The van der Waals surface area contributed by atoms with Crippen molar-refractivity contribution in [1.82, 2.24) is 9.55 Å². The summed E-state index contributed by atoms with van der Waals surface area (Å²) in [6, 6.07) is 11.2. The minimum absolute atomic E-state index is 0.215. The summed E-state index contributed by atoms with van der Waals surface area (Å²) in [5.41, 5.74) is 3.18. The Morgan fingerprint density at radius 3 is 2.44 bits per heavy atom. The Kier molecular flexibility index (Phi) is 4.40. The van der Waals surface area contributed by atoms with Gasteiger partial charge in [0.15, 0.2) is 0 Å². The van der Waals surface area contributed by atoms with Crippen LogP contribution in [-0.2, 0) is 4.74 Å². The molecule has 0 fully saturated rings. The number of esters is 1. The monoisotopic (exact) mass is 336 g/mol. The molecule has 0 N–H and O–H groups in total. The van der Waals surface area contributed by atoms with Gasteiger partial charge in [-0.15, -0.1) is 0 Å². The van der Waals surface area contributed by atoms with Crippen molar-refractivity contribution in [2.45, 2.75) is 26.7 Å². The van der Waals surface area contributed by atoms with Crippen LogP contribution in [0.25, 0.3) is 16.6 Å². The Bertz CT molecular complexity index is 1000. The van der Waals surface area contributed by atoms with Crippen LogP contribution >= 0.6 is 0 Å². The van der Waals surface area contributed by atoms with E-state index in [-0.39, 0.29) is 5.56 Å². The zero-order valence-corrected chi connectivity index (χ0v) is 14.7. The number of carbonyl (C=O) groups excluding carboxylic acids is 1. The Labute approximate surface area is 145 Å². The molecule has 3 rings (SSSR count). The maximum absolute atomic E-state index is 12.9. The number of hydrogen-bond acceptors (Lipinski definition) is 4. The predicted octanol–water partition coefficient (Wildman–Crippen LogP) is 3.60. The second kappa shape index (κ2) is 6.51. The molecule has 0 bridgehead atoms. The van der Waals surface area contributed by atoms with Crippen molar-refractivity contribution in [2.75, 3.05) is 7.11 Å². The van der Waals surface area contributed by atoms with E-state index in [1.165, 1.54) is 12.7 Å². The van der Waals surface area contributed by atoms with Crippen molar-refractivity contribution in [1.29, 1.82) is 0 Å². The second-order valence-corrected chi connectivity index (χ2v) is 6.28. The highest BCUT2D eigenvalue weighted by Crippen LogP contribution is 2.18. The number of methoxy groups -OCH3 is 1. The van der Waals surface area contributed by atoms with E-state index in [9.17, 15) is 9.59 Å². The van der Waals surface area contributed by atoms with Crippen LogP contribution in [0.3, 0.4) is 0 Å². The first-order valence-corrected chi connectivity index (χ1v) is 8.14. The molecule has 0 radical (unpaired) electrons. The smallest absolute Gasteiger partial charge is 0.339 e. The molecule has 0 amide bonds. The van der Waals surface area contributed by atoms with Crippen LogP contribution < -0.4 is 5.56 Å². The Morgan fingerprint density at radius 2 is 1.84 bits per heavy atom. The summed E-state index contributed by atoms with van der Waals surface area (Å²) in [5.74, 6) is -0.0693. The summed E-state index contributed by atoms with van der Waals surface area (Å²) in [5, 5.41) is 0.390. The van der Waals surface area contributed by atoms with E-state index >= 15 is 0 Å². The van der Waals surface area contributed by atoms with Gasteiger partial charge in [-0.1, -0.05) is 26.0 Å². The van der Waals surface area contributed by atoms with E-state index in [0.29, 0.717) is 28.1 Å². The van der Waals surface area contributed by atoms with Crippen LogP contribution in [0.4, 0.5) is 0 Å². The van der Waals surface area contributed by atoms with Crippen LogP contribution in [0, 0.1) is 6.92 Å². The summed E-state index contributed by atoms with van der Waals surface area (Å²) in [7, 11) is 1.31. The molecule has 0 saturated heterocycles. The average Bonchev–Trinajstić information content (AvgIpc) is 2.61. The first-order valence-electron chi connectivity index (χ1n) is 8.14. The highest BCUT2D eigenvalue weighted by molar-refractivity contribution is 5.94. The molecule has 128 valence electrons. The van der Waals surface area contributed by atoms with Crippen LogP contribution in [0.15, 0.2) is 47.4 Å². The van der Waals surface area contributed by atoms with Crippen molar-refractivity contribution >= 4 is 16.9 Å². The van der Waals surface area contributed by atoms with Gasteiger partial charge in [0, 0.05) is 11.9 Å². The SMILES string of the molecule is COC(=O)c1cc2c(=O)n(-c3ccc(C(C)C)cc3)ccc2nc1C. The molecule has 0 unspecified atom stereocenters. The third kappa shape index (κ3) is 3.05. The van der Waals surface area contributed by atoms with Gasteiger partial charge in [-0.3, -0.25) is 14.3 Å². The fourth-order valence-electron chi connectivity index (χ4n) is 2.80. The van der Waals surface area contributed by atoms with E-state index in [1.807, 2.05) is 24.3 Å². The van der Waals surface area contributed by atoms with Crippen LogP contribution in [0.5, 0.6) is 0 Å². The highest BCUT2D eigenvalue weighted by Gasteiger charge is 2.14. The van der Waals surface area contributed by atoms with Crippen molar-refractivity contribution < 1.29 is 9.53 Å². The summed E-state index contributed by atoms with van der Waals surface area (Å²) in [4.78, 5) is 29.1. The van der Waals surface area contributed by atoms with Gasteiger partial charge in [0.1, 0.15) is 0 Å². The van der Waals surface area contributed by atoms with E-state index in [0.717, 1.165) is 5.69 Å². The number of hydrogen-bond donors (Lipinski definition) is 0. The Hall–Kier alpha value is -2.95. The predicted molar refractivity (Wildman–Crippen MR) is 97.5 cm³/mol. The number of aryl methyl sites for hydroxylation is 1. The molecule has 2 aromatic heterocycles. The Morgan fingerprint density at radius 1 is 1.16 bits per heavy atom. The lowest BCUT2D eigenvalue weighted by atomic mass is 10.0. The number of pyridine rings is 2. The highest BCUT2D eigenvalue weighted by atomic mass is 16.5. The third-order valence-corrected chi connectivity index (χ3v) is 4.32. The molecule has 0 aliphatic rings. The largest absolute Gasteiger partial charge is 0.465 e. The topological polar surface area (TPSA) is 61.2 Å². The number of ether oxygens (including phenoxy) is 1. The molecule has 25 heavy (non-hydrogen) atoms. The Balaban J connectivity index is 2.17. The molecule has 1 aromatic carbocycles. The molecule has 0 aliphatic carbocycles. The summed E-state index contributed by atoms with van der Waals surface area (Å²) in [6.45, 7) is 5.97. The number of carbonyl (C=O) groups is 1. The fraction of sp³-hybridized carbons (Fsp3) is 0.250. The van der Waals surface area contributed by atoms with E-state index in [2.05, 4.69) is 18.8 Å². The lowest BCUT2D eigenvalue weighted by Crippen LogP contribution is -2.19. The van der Waals surface area contributed by atoms with Gasteiger partial charge in [0.2, 0.25) is 0 Å². The zero-order valence-electron chi connectivity index (χ0n) is 14.7. The van der Waals surface area contributed by atoms with Gasteiger partial charge in [0.25, 0.3) is 5.56 Å². The van der Waals surface area contributed by atoms with Gasteiger partial charge < -0.3 is 4.74 Å². The molecule has 2 heterocycles. The summed E-state index contributed by atoms with van der Waals surface area (Å²) in [6.07, 6.45) is 1.71. The maximum atomic E-state index is 12.9. The van der Waals surface area contributed by atoms with Gasteiger partial charge in [-0.2, -0.15) is 0 Å². The molecular formula is C20H20N2O3. The molecule has 0 atom stereocenters. The first-order chi connectivity index (χ1) is 11.9. The standard InChI is InChI=1S/C20H20N2O3/c1-12(2)14-5-7-15(8-6-14)22-10-9-18-17(19(22)23)11-16(13(3)21-18)20(24)25-4/h5-12H,1-4H3. The van der Waals surface area contributed by atoms with Crippen molar-refractivity contribution in [3.8, 4) is 5.69 Å². The molecular weight excluding hydrogens is 316 g/mol. The van der Waals surface area contributed by atoms with Crippen molar-refractivity contribution in [3.05, 3.63) is 69.8 Å². The number of rotatable bonds is 3. The maximum Gasteiger partial charge on any atom is 0.339 e. The lowest BCUT2D eigenvalue weighted by Gasteiger charge is -2.11. The van der Waals surface area contributed by atoms with Crippen LogP contribution in [0.1, 0.15) is 41.4 Å². The summed E-state index contributed by atoms with van der Waals surface area (Å²) >= 11 is 0. The van der Waals surface area contributed by atoms with Crippen LogP contribution in [0.2, 0.25) is 0 Å². The molecule has 3 aromatic rings. The zero-order chi connectivity index (χ0) is 18.1. The van der Waals surface area contributed by atoms with Gasteiger partial charge in [-0.05, 0) is 42.7 Å². The number of aromatic nitrogens is 2. The lowest BCUT2D eigenvalue weighted by molar-refractivity contribution is 0.0599. The van der Waals surface area contributed by atoms with Gasteiger partial charge >= 0.3 is 5.97 Å². The fourth-order valence-corrected chi connectivity index (χ4v) is 2.80. The third-order valence-electron chi connectivity index (χ3n) is 4.32. The molecule has 0 spiro atoms. The quantitative estimate of drug-likeness (QED) is 0.686. The normalized spacial score (nSPS) is 11.1. The first kappa shape index (κ1) is 16.9. The number of nitrogens with zero attached hydrogens (tertiary/aromatic N) is 2.